The molecule has 0 saturated carbocycles. The van der Waals surface area contributed by atoms with E-state index in [0.29, 0.717) is 94.8 Å². The van der Waals surface area contributed by atoms with E-state index in [4.69, 9.17) is 160 Å². The number of benzene rings is 4. The second-order valence-corrected chi connectivity index (χ2v) is 31.4. The molecule has 6 heterocycles. The van der Waals surface area contributed by atoms with Crippen LogP contribution in [-0.2, 0) is 0 Å². The highest BCUT2D eigenvalue weighted by atomic mass is 35.5. The number of halogens is 8. The van der Waals surface area contributed by atoms with Gasteiger partial charge in [-0.2, -0.15) is 9.62 Å². The first-order valence-corrected chi connectivity index (χ1v) is 37.0. The van der Waals surface area contributed by atoms with Gasteiger partial charge in [-0.25, -0.2) is 9.98 Å². The summed E-state index contributed by atoms with van der Waals surface area (Å²) in [6.45, 7) is 35.6. The molecule has 0 aliphatic carbocycles. The van der Waals surface area contributed by atoms with Gasteiger partial charge in [-0.15, -0.1) is 4.99 Å². The molecular formula is C72H89Cl8N8O9+. The number of fused-ring (bicyclic) bond motifs is 15. The minimum absolute atomic E-state index is 0.0433. The molecule has 526 valence electrons. The summed E-state index contributed by atoms with van der Waals surface area (Å²) >= 11 is 60.5. The van der Waals surface area contributed by atoms with Crippen molar-refractivity contribution in [1.29, 1.82) is 0 Å². The number of rotatable bonds is 32. The van der Waals surface area contributed by atoms with Gasteiger partial charge in [0.2, 0.25) is 11.3 Å². The van der Waals surface area contributed by atoms with Crippen molar-refractivity contribution in [2.24, 2.45) is 67.3 Å². The van der Waals surface area contributed by atoms with Crippen LogP contribution in [0.2, 0.25) is 40.2 Å². The van der Waals surface area contributed by atoms with E-state index in [2.05, 4.69) is 116 Å². The fraction of sp³-hybridized carbons (Fsp3) is 0.556. The van der Waals surface area contributed by atoms with Crippen LogP contribution in [0.25, 0.3) is 43.8 Å². The number of hydrogen-bond acceptors (Lipinski definition) is 14. The Labute approximate surface area is 608 Å². The van der Waals surface area contributed by atoms with Gasteiger partial charge < -0.3 is 42.9 Å². The predicted octanol–water partition coefficient (Wildman–Crippen LogP) is 21.5. The van der Waals surface area contributed by atoms with Crippen molar-refractivity contribution in [3.05, 3.63) is 62.3 Å². The van der Waals surface area contributed by atoms with E-state index in [1.165, 1.54) is 9.31 Å². The Kier molecular flexibility index (Phi) is 24.4. The molecule has 2 aromatic heterocycles. The van der Waals surface area contributed by atoms with E-state index in [1.807, 2.05) is 0 Å². The highest BCUT2D eigenvalue weighted by Gasteiger charge is 2.43. The number of hydrogen-bond donors (Lipinski definition) is 1. The number of aliphatic imine (C=N–C) groups is 2. The van der Waals surface area contributed by atoms with E-state index >= 15 is 0 Å². The first kappa shape index (κ1) is 74.5. The first-order valence-electron chi connectivity index (χ1n) is 34.0. The topological polar surface area (TPSA) is 173 Å². The van der Waals surface area contributed by atoms with Crippen molar-refractivity contribution in [2.45, 2.75) is 162 Å². The summed E-state index contributed by atoms with van der Waals surface area (Å²) in [5, 5.41) is 2.57. The van der Waals surface area contributed by atoms with Crippen molar-refractivity contribution >= 4 is 154 Å². The van der Waals surface area contributed by atoms with Gasteiger partial charge in [0.1, 0.15) is 61.8 Å². The highest BCUT2D eigenvalue weighted by molar-refractivity contribution is 6.48. The van der Waals surface area contributed by atoms with Gasteiger partial charge in [0.25, 0.3) is 17.3 Å². The fourth-order valence-electron chi connectivity index (χ4n) is 11.0. The molecule has 6 bridgehead atoms. The lowest BCUT2D eigenvalue weighted by atomic mass is 10.0. The van der Waals surface area contributed by atoms with Gasteiger partial charge in [0, 0.05) is 0 Å². The molecule has 4 aliphatic rings. The predicted molar refractivity (Wildman–Crippen MR) is 394 cm³/mol. The van der Waals surface area contributed by atoms with E-state index < -0.39 is 0 Å². The Bertz CT molecular complexity index is 4420. The van der Waals surface area contributed by atoms with E-state index in [0.717, 1.165) is 0 Å². The summed E-state index contributed by atoms with van der Waals surface area (Å²) < 4.78 is 65.3. The zero-order valence-corrected chi connectivity index (χ0v) is 64.3. The quantitative estimate of drug-likeness (QED) is 0.0400. The van der Waals surface area contributed by atoms with Crippen LogP contribution in [-0.4, -0.2) is 79.1 Å². The minimum atomic E-state index is 0.0433. The summed E-state index contributed by atoms with van der Waals surface area (Å²) in [5.74, 6) is 3.87. The van der Waals surface area contributed by atoms with Crippen LogP contribution >= 0.6 is 92.8 Å². The van der Waals surface area contributed by atoms with E-state index in [1.54, 1.807) is 0 Å². The molecular weight excluding hydrogens is 1400 g/mol. The third kappa shape index (κ3) is 15.5. The SMILES string of the molecule is CC(C)CCOc1c(Cl)c(Cl)c(OCCC(C)C)c2c1C1=NC2=Nc2c3c(OCCC(C)C)c(Cl)c(Cl)c(OCCC(C)C)c3c3nc4c5c(OCCC(C)C)c(Cl)c(Cl)c(OCCC(C)C)c5c([n+]-4on23)N=c2[nH]c(c3c(OCCC(C)C)c(Cl)c(Cl)c(OCCC(C)C)c23)=N1. The second-order valence-electron chi connectivity index (χ2n) is 28.4. The monoisotopic (exact) mass is 1490 g/mol. The van der Waals surface area contributed by atoms with Crippen LogP contribution in [0, 0.1) is 47.3 Å². The summed E-state index contributed by atoms with van der Waals surface area (Å²) in [6, 6.07) is 0. The zero-order valence-electron chi connectivity index (χ0n) is 58.3. The van der Waals surface area contributed by atoms with Gasteiger partial charge in [-0.05, 0) is 108 Å². The highest BCUT2D eigenvalue weighted by Crippen LogP contribution is 2.57. The number of amidine groups is 2. The van der Waals surface area contributed by atoms with Gasteiger partial charge in [0.15, 0.2) is 57.7 Å². The Morgan fingerprint density at radius 1 is 0.340 bits per heavy atom. The molecule has 0 saturated heterocycles. The fourth-order valence-corrected chi connectivity index (χ4v) is 12.9. The normalized spacial score (nSPS) is 13.2. The molecule has 10 rings (SSSR count). The zero-order chi connectivity index (χ0) is 70.2. The molecule has 17 nitrogen and oxygen atoms in total. The third-order valence-electron chi connectivity index (χ3n) is 16.8. The smallest absolute Gasteiger partial charge is 0.287 e. The number of ether oxygens (including phenoxy) is 8. The molecule has 6 aromatic rings. The number of nitrogens with one attached hydrogen (secondary N) is 1. The second kappa shape index (κ2) is 31.8. The van der Waals surface area contributed by atoms with E-state index in [9.17, 15) is 0 Å². The van der Waals surface area contributed by atoms with Crippen LogP contribution in [0.15, 0.2) is 24.6 Å². The van der Waals surface area contributed by atoms with Gasteiger partial charge in [0.05, 0.1) is 80.1 Å². The number of aromatic nitrogens is 4. The Morgan fingerprint density at radius 3 is 0.990 bits per heavy atom. The average molecular weight is 1490 g/mol. The average Bonchev–Trinajstić information content (AvgIpc) is 1.54. The van der Waals surface area contributed by atoms with Crippen LogP contribution in [0.4, 0.5) is 11.6 Å². The molecule has 25 heteroatoms. The van der Waals surface area contributed by atoms with Crippen molar-refractivity contribution in [2.75, 3.05) is 52.9 Å². The maximum Gasteiger partial charge on any atom is 0.287 e. The maximum atomic E-state index is 7.60. The Morgan fingerprint density at radius 2 is 0.629 bits per heavy atom. The molecule has 0 spiro atoms. The molecule has 0 amide bonds. The largest absolute Gasteiger partial charge is 0.491 e. The minimum Gasteiger partial charge on any atom is -0.491 e. The van der Waals surface area contributed by atoms with Gasteiger partial charge in [-0.3, -0.25) is 0 Å². The van der Waals surface area contributed by atoms with Gasteiger partial charge >= 0.3 is 0 Å². The van der Waals surface area contributed by atoms with Crippen molar-refractivity contribution < 1.29 is 47.3 Å². The lowest BCUT2D eigenvalue weighted by molar-refractivity contribution is -0.793. The van der Waals surface area contributed by atoms with Crippen molar-refractivity contribution in [3.8, 4) is 51.8 Å². The van der Waals surface area contributed by atoms with Crippen molar-refractivity contribution in [1.82, 2.24) is 14.5 Å². The van der Waals surface area contributed by atoms with Crippen molar-refractivity contribution in [3.63, 3.8) is 0 Å². The summed E-state index contributed by atoms with van der Waals surface area (Å²) in [4.78, 5) is 31.6. The number of H-pyrrole nitrogens is 1. The molecule has 4 aromatic carbocycles. The standard InChI is InChI=1S/C72H88Cl8N8O9/c1-33(2)17-25-89-57-41-43(59(51(75)49(57)73)91-27-19-35(5)6)67-82-65(41)81-66-42-44(60(92-28-20-36(7)8)52(76)50(74)58(42)90-26-18-34(3)4)68(83-66)85-70-46-48(64(96-32-24-40(15)16)56(80)54(78)62(46)94-30-22-38(11)12)72-86-71-47-45(69(84-67)87(71)97-88(70)72)61(93-29-21-37(9)10)53(77)55(79)63(47)95-31-23-39(13)14/h33-40H,17-32H2,1-16H3/p+1. The Balaban J connectivity index is 1.53. The molecule has 97 heavy (non-hydrogen) atoms. The van der Waals surface area contributed by atoms with E-state index in [-0.39, 0.29) is 232 Å². The van der Waals surface area contributed by atoms with Crippen LogP contribution in [0.1, 0.15) is 173 Å². The van der Waals surface area contributed by atoms with Crippen LogP contribution in [0.5, 0.6) is 46.0 Å². The third-order valence-corrected chi connectivity index (χ3v) is 20.0. The maximum absolute atomic E-state index is 7.60. The summed E-state index contributed by atoms with van der Waals surface area (Å²) in [6.07, 6.45) is 5.21. The number of aromatic amines is 1. The lowest BCUT2D eigenvalue weighted by Gasteiger charge is -2.19. The lowest BCUT2D eigenvalue weighted by Crippen LogP contribution is -2.32. The molecule has 4 aliphatic heterocycles. The summed E-state index contributed by atoms with van der Waals surface area (Å²) in [7, 11) is 0. The molecule has 0 unspecified atom stereocenters. The molecule has 0 fully saturated rings. The van der Waals surface area contributed by atoms with Gasteiger partial charge in [-0.1, -0.05) is 209 Å². The first-order chi connectivity index (χ1) is 46.1. The molecule has 0 atom stereocenters. The molecule has 1 N–H and O–H groups in total. The van der Waals surface area contributed by atoms with Crippen LogP contribution in [0.3, 0.4) is 0 Å². The number of nitrogens with zero attached hydrogens (tertiary/aromatic N) is 7. The summed E-state index contributed by atoms with van der Waals surface area (Å²) in [5.41, 5.74) is 1.09. The van der Waals surface area contributed by atoms with Crippen LogP contribution < -0.4 is 53.6 Å². The molecule has 0 radical (unpaired) electrons. The Hall–Kier alpha value is -5.24.